The normalized spacial score (nSPS) is 25.6. The molecule has 1 aromatic rings. The maximum atomic E-state index is 13.5. The number of amidine groups is 1. The molecule has 0 N–H and O–H groups in total. The van der Waals surface area contributed by atoms with Crippen molar-refractivity contribution >= 4 is 28.9 Å². The molecule has 0 unspecified atom stereocenters. The van der Waals surface area contributed by atoms with Crippen molar-refractivity contribution < 1.29 is 14.3 Å². The van der Waals surface area contributed by atoms with Gasteiger partial charge >= 0.3 is 0 Å². The number of hydrogen-bond donors (Lipinski definition) is 0. The molecule has 6 heteroatoms. The second-order valence-electron chi connectivity index (χ2n) is 8.84. The van der Waals surface area contributed by atoms with Crippen LogP contribution in [0, 0.1) is 6.92 Å². The maximum Gasteiger partial charge on any atom is 0.266 e. The number of amides is 1. The third-order valence-electron chi connectivity index (χ3n) is 6.69. The van der Waals surface area contributed by atoms with E-state index in [0.29, 0.717) is 12.1 Å². The lowest BCUT2D eigenvalue weighted by molar-refractivity contribution is -0.124. The first-order valence-electron chi connectivity index (χ1n) is 11.4. The zero-order valence-corrected chi connectivity index (χ0v) is 18.5. The fourth-order valence-corrected chi connectivity index (χ4v) is 6.06. The molecule has 0 aromatic heterocycles. The van der Waals surface area contributed by atoms with Gasteiger partial charge in [0.25, 0.3) is 5.91 Å². The Morgan fingerprint density at radius 2 is 1.67 bits per heavy atom. The van der Waals surface area contributed by atoms with Crippen molar-refractivity contribution in [3.8, 4) is 11.5 Å². The molecule has 5 rings (SSSR count). The van der Waals surface area contributed by atoms with E-state index in [1.54, 1.807) is 11.8 Å². The van der Waals surface area contributed by atoms with Crippen molar-refractivity contribution in [2.45, 2.75) is 83.2 Å². The number of rotatable bonds is 3. The fraction of sp³-hybridized carbons (Fsp3) is 0.583. The van der Waals surface area contributed by atoms with Crippen LogP contribution in [0.1, 0.15) is 75.3 Å². The van der Waals surface area contributed by atoms with E-state index in [4.69, 9.17) is 14.5 Å². The van der Waals surface area contributed by atoms with Crippen LogP contribution >= 0.6 is 11.8 Å². The standard InChI is InChI=1S/C24H30N2O3S/c1-16-12-20-21(29-15-28-20)13-17(16)14-22-23(27)26(19-10-6-3-7-11-19)24(30-22)25-18-8-4-2-5-9-18/h12-14,18-19H,2-11,15H2,1H3. The van der Waals surface area contributed by atoms with Gasteiger partial charge in [-0.05, 0) is 73.7 Å². The summed E-state index contributed by atoms with van der Waals surface area (Å²) in [5.74, 6) is 1.66. The molecule has 4 aliphatic rings. The predicted octanol–water partition coefficient (Wildman–Crippen LogP) is 5.66. The van der Waals surface area contributed by atoms with Gasteiger partial charge in [-0.15, -0.1) is 0 Å². The molecule has 2 aliphatic carbocycles. The molecule has 0 spiro atoms. The van der Waals surface area contributed by atoms with E-state index < -0.39 is 0 Å². The first-order valence-corrected chi connectivity index (χ1v) is 12.2. The number of carbonyl (C=O) groups is 1. The van der Waals surface area contributed by atoms with Crippen LogP contribution < -0.4 is 9.47 Å². The highest BCUT2D eigenvalue weighted by atomic mass is 32.2. The Morgan fingerprint density at radius 3 is 2.40 bits per heavy atom. The zero-order valence-electron chi connectivity index (χ0n) is 17.7. The van der Waals surface area contributed by atoms with Crippen LogP contribution in [0.25, 0.3) is 6.08 Å². The quantitative estimate of drug-likeness (QED) is 0.585. The number of nitrogens with zero attached hydrogens (tertiary/aromatic N) is 2. The summed E-state index contributed by atoms with van der Waals surface area (Å²) in [4.78, 5) is 21.4. The monoisotopic (exact) mass is 426 g/mol. The van der Waals surface area contributed by atoms with Crippen LogP contribution in [0.5, 0.6) is 11.5 Å². The number of aryl methyl sites for hydroxylation is 1. The Bertz CT molecular complexity index is 883. The van der Waals surface area contributed by atoms with Gasteiger partial charge < -0.3 is 9.47 Å². The van der Waals surface area contributed by atoms with Gasteiger partial charge in [0.1, 0.15) is 0 Å². The molecule has 5 nitrogen and oxygen atoms in total. The molecule has 0 radical (unpaired) electrons. The van der Waals surface area contributed by atoms with Crippen molar-refractivity contribution in [3.05, 3.63) is 28.2 Å². The number of benzene rings is 1. The average Bonchev–Trinajstić information content (AvgIpc) is 3.33. The van der Waals surface area contributed by atoms with Crippen LogP contribution in [0.4, 0.5) is 0 Å². The number of carbonyl (C=O) groups excluding carboxylic acids is 1. The summed E-state index contributed by atoms with van der Waals surface area (Å²) in [7, 11) is 0. The van der Waals surface area contributed by atoms with E-state index in [1.807, 2.05) is 30.0 Å². The van der Waals surface area contributed by atoms with E-state index in [1.165, 1.54) is 38.5 Å². The van der Waals surface area contributed by atoms with Gasteiger partial charge in [0.15, 0.2) is 16.7 Å². The average molecular weight is 427 g/mol. The Morgan fingerprint density at radius 1 is 1.00 bits per heavy atom. The number of fused-ring (bicyclic) bond motifs is 1. The molecule has 30 heavy (non-hydrogen) atoms. The molecule has 3 fully saturated rings. The second kappa shape index (κ2) is 8.66. The van der Waals surface area contributed by atoms with Crippen LogP contribution in [0.15, 0.2) is 22.0 Å². The van der Waals surface area contributed by atoms with Crippen LogP contribution in [-0.4, -0.2) is 34.9 Å². The number of thioether (sulfide) groups is 1. The molecule has 1 amide bonds. The van der Waals surface area contributed by atoms with Crippen molar-refractivity contribution in [2.75, 3.05) is 6.79 Å². The van der Waals surface area contributed by atoms with Gasteiger partial charge in [0, 0.05) is 6.04 Å². The lowest BCUT2D eigenvalue weighted by Crippen LogP contribution is -2.41. The first kappa shape index (κ1) is 20.0. The second-order valence-corrected chi connectivity index (χ2v) is 9.85. The predicted molar refractivity (Wildman–Crippen MR) is 121 cm³/mol. The molecular weight excluding hydrogens is 396 g/mol. The Kier molecular flexibility index (Phi) is 5.77. The van der Waals surface area contributed by atoms with Crippen molar-refractivity contribution in [1.29, 1.82) is 0 Å². The summed E-state index contributed by atoms with van der Waals surface area (Å²) >= 11 is 1.57. The first-order chi connectivity index (χ1) is 14.7. The van der Waals surface area contributed by atoms with Crippen molar-refractivity contribution in [3.63, 3.8) is 0 Å². The summed E-state index contributed by atoms with van der Waals surface area (Å²) in [6.45, 7) is 2.31. The number of aliphatic imine (C=N–C) groups is 1. The summed E-state index contributed by atoms with van der Waals surface area (Å²) in [5, 5.41) is 0.934. The van der Waals surface area contributed by atoms with Crippen LogP contribution in [-0.2, 0) is 4.79 Å². The van der Waals surface area contributed by atoms with Gasteiger partial charge in [0.05, 0.1) is 10.9 Å². The summed E-state index contributed by atoms with van der Waals surface area (Å²) in [5.41, 5.74) is 2.10. The molecule has 2 saturated carbocycles. The third-order valence-corrected chi connectivity index (χ3v) is 7.69. The van der Waals surface area contributed by atoms with Crippen molar-refractivity contribution in [1.82, 2.24) is 4.90 Å². The van der Waals surface area contributed by atoms with Gasteiger partial charge in [-0.3, -0.25) is 14.7 Å². The SMILES string of the molecule is Cc1cc2c(cc1C=C1SC(=NC3CCCCC3)N(C3CCCCC3)C1=O)OCO2. The molecule has 1 aromatic carbocycles. The maximum absolute atomic E-state index is 13.5. The Balaban J connectivity index is 1.46. The van der Waals surface area contributed by atoms with E-state index in [-0.39, 0.29) is 12.7 Å². The van der Waals surface area contributed by atoms with E-state index in [0.717, 1.165) is 58.4 Å². The lowest BCUT2D eigenvalue weighted by atomic mass is 9.94. The van der Waals surface area contributed by atoms with Gasteiger partial charge in [-0.25, -0.2) is 0 Å². The summed E-state index contributed by atoms with van der Waals surface area (Å²) in [6, 6.07) is 4.64. The minimum Gasteiger partial charge on any atom is -0.454 e. The molecule has 0 bridgehead atoms. The van der Waals surface area contributed by atoms with E-state index in [2.05, 4.69) is 0 Å². The van der Waals surface area contributed by atoms with Crippen LogP contribution in [0.3, 0.4) is 0 Å². The highest BCUT2D eigenvalue weighted by molar-refractivity contribution is 8.18. The van der Waals surface area contributed by atoms with Gasteiger partial charge in [-0.1, -0.05) is 38.5 Å². The highest BCUT2D eigenvalue weighted by Crippen LogP contribution is 2.40. The Hall–Kier alpha value is -1.95. The number of hydrogen-bond acceptors (Lipinski definition) is 5. The molecule has 2 heterocycles. The number of ether oxygens (including phenoxy) is 2. The zero-order chi connectivity index (χ0) is 20.5. The molecule has 160 valence electrons. The Labute approximate surface area is 182 Å². The molecule has 0 atom stereocenters. The minimum absolute atomic E-state index is 0.124. The van der Waals surface area contributed by atoms with E-state index >= 15 is 0 Å². The largest absolute Gasteiger partial charge is 0.454 e. The fourth-order valence-electron chi connectivity index (χ4n) is 4.96. The third kappa shape index (κ3) is 3.98. The molecule has 2 aliphatic heterocycles. The minimum atomic E-state index is 0.124. The van der Waals surface area contributed by atoms with Gasteiger partial charge in [0.2, 0.25) is 6.79 Å². The molecule has 1 saturated heterocycles. The molecular formula is C24H30N2O3S. The van der Waals surface area contributed by atoms with Crippen molar-refractivity contribution in [2.24, 2.45) is 4.99 Å². The summed E-state index contributed by atoms with van der Waals surface area (Å²) in [6.07, 6.45) is 14.0. The van der Waals surface area contributed by atoms with Crippen LogP contribution in [0.2, 0.25) is 0 Å². The van der Waals surface area contributed by atoms with Gasteiger partial charge in [-0.2, -0.15) is 0 Å². The smallest absolute Gasteiger partial charge is 0.266 e. The topological polar surface area (TPSA) is 51.1 Å². The lowest BCUT2D eigenvalue weighted by Gasteiger charge is -2.31. The highest BCUT2D eigenvalue weighted by Gasteiger charge is 2.39. The van der Waals surface area contributed by atoms with E-state index in [9.17, 15) is 4.79 Å². The summed E-state index contributed by atoms with van der Waals surface area (Å²) < 4.78 is 11.0.